The molecule has 1 aliphatic carbocycles. The molecule has 0 aliphatic heterocycles. The first kappa shape index (κ1) is 109. The number of carboxylic acid groups (broad SMARTS) is 5. The van der Waals surface area contributed by atoms with Crippen LogP contribution >= 0.6 is 58.8 Å². The molecular weight excluding hydrogens is 1920 g/mol. The molecule has 5 aromatic heterocycles. The first-order valence-corrected chi connectivity index (χ1v) is 50.9. The van der Waals surface area contributed by atoms with E-state index in [2.05, 4.69) is 214 Å². The molecule has 5 heterocycles. The van der Waals surface area contributed by atoms with Gasteiger partial charge < -0.3 is 52.1 Å². The van der Waals surface area contributed by atoms with Gasteiger partial charge in [0.2, 0.25) is 29.5 Å². The average molecular weight is 2040 g/mol. The summed E-state index contributed by atoms with van der Waals surface area (Å²) in [6.07, 6.45) is 12.4. The van der Waals surface area contributed by atoms with Gasteiger partial charge in [-0.1, -0.05) is 237 Å². The minimum absolute atomic E-state index is 0.337. The van der Waals surface area contributed by atoms with Crippen molar-refractivity contribution in [2.45, 2.75) is 212 Å². The van der Waals surface area contributed by atoms with Crippen LogP contribution in [0, 0.1) is 41.5 Å². The maximum atomic E-state index is 12.5. The molecular formula is C109H121N15O15S5. The number of nitrogens with zero attached hydrogens (tertiary/aromatic N) is 10. The Morgan fingerprint density at radius 3 is 0.896 bits per heavy atom. The van der Waals surface area contributed by atoms with Crippen molar-refractivity contribution >= 4 is 172 Å². The largest absolute Gasteiger partial charge is 0.480 e. The summed E-state index contributed by atoms with van der Waals surface area (Å²) < 4.78 is 5.84. The summed E-state index contributed by atoms with van der Waals surface area (Å²) in [7, 11) is 0. The van der Waals surface area contributed by atoms with Crippen LogP contribution in [0.2, 0.25) is 0 Å². The van der Waals surface area contributed by atoms with Crippen molar-refractivity contribution in [2.75, 3.05) is 32.7 Å². The molecule has 16 rings (SSSR count). The number of carboxylic acids is 5. The van der Waals surface area contributed by atoms with Crippen molar-refractivity contribution in [1.29, 1.82) is 0 Å². The Hall–Kier alpha value is -14.0. The van der Waals surface area contributed by atoms with Gasteiger partial charge in [-0.3, -0.25) is 70.8 Å². The Morgan fingerprint density at radius 2 is 0.569 bits per heavy atom. The van der Waals surface area contributed by atoms with Crippen LogP contribution in [0.25, 0.3) is 82.3 Å². The van der Waals surface area contributed by atoms with Gasteiger partial charge in [-0.25, -0.2) is 24.9 Å². The highest BCUT2D eigenvalue weighted by molar-refractivity contribution is 8.02. The van der Waals surface area contributed by atoms with Gasteiger partial charge in [0.1, 0.15) is 32.7 Å². The van der Waals surface area contributed by atoms with E-state index in [9.17, 15) is 47.9 Å². The van der Waals surface area contributed by atoms with Gasteiger partial charge >= 0.3 is 29.8 Å². The molecule has 0 atom stereocenters. The van der Waals surface area contributed by atoms with Gasteiger partial charge in [0.25, 0.3) is 0 Å². The lowest BCUT2D eigenvalue weighted by Crippen LogP contribution is -2.42. The van der Waals surface area contributed by atoms with Gasteiger partial charge in [0, 0.05) is 86.4 Å². The van der Waals surface area contributed by atoms with E-state index in [4.69, 9.17) is 25.5 Å². The third kappa shape index (κ3) is 26.1. The first-order chi connectivity index (χ1) is 68.1. The van der Waals surface area contributed by atoms with Crippen molar-refractivity contribution in [3.63, 3.8) is 0 Å². The number of fused-ring (bicyclic) bond motifs is 5. The Balaban J connectivity index is 0.000000161. The summed E-state index contributed by atoms with van der Waals surface area (Å²) in [5.74, 6) is -6.02. The van der Waals surface area contributed by atoms with Crippen LogP contribution in [-0.2, 0) is 54.4 Å². The number of hydrogen-bond acceptors (Lipinski definition) is 20. The number of carbonyl (C=O) groups is 10. The lowest BCUT2D eigenvalue weighted by atomic mass is 9.95. The molecule has 30 nitrogen and oxygen atoms in total. The second-order valence-electron chi connectivity index (χ2n) is 37.5. The Kier molecular flexibility index (Phi) is 35.2. The summed E-state index contributed by atoms with van der Waals surface area (Å²) in [5, 5.41) is 71.4. The highest BCUT2D eigenvalue weighted by Gasteiger charge is 2.38. The molecule has 0 unspecified atom stereocenters. The van der Waals surface area contributed by atoms with Crippen molar-refractivity contribution in [3.8, 4) is 28.4 Å². The Labute approximate surface area is 857 Å². The zero-order chi connectivity index (χ0) is 105. The zero-order valence-electron chi connectivity index (χ0n) is 83.9. The molecule has 10 aromatic carbocycles. The number of aliphatic carboxylic acids is 5. The van der Waals surface area contributed by atoms with E-state index in [-0.39, 0.29) is 29.5 Å². The smallest absolute Gasteiger partial charge is 0.322 e. The SMILES string of the molecule is CCc1ccc(-n2c(C)cnc2SC(C)(C)C(=O)NCC(=O)O)c2ccccc12.Cc1ccc(-n2c(C)cnc2SC(C)(C)C(=O)NCC(=O)O)c2ccccc12.Cc1cnc(SC(C)(C)C(=O)NCC(=O)O)n1-c1ccc(C(C)C)c2ccccc12.Cc1cnc(SC(C)(C)C(=O)NCC(=O)O)n1-c1ccc(C2CC2)c2ccccc12.Cc1cnc(SC(C)(C)C(=O)NCC(=O)O)n1-c1cccc2ccccc12. The molecule has 0 spiro atoms. The standard InChI is InChI=1S/C23H25N3O3S.C23H27N3O3S.C22H25N3O3S.C21H23N3O3S.C20H21N3O3S/c1-14-12-25-22(30-23(2,3)21(29)24-13-20(27)28)26(14)19-11-10-16(15-8-9-15)17-6-4-5-7-18(17)19;1-14(2)16-10-11-19(18-9-7-6-8-17(16)18)26-15(3)12-25-22(26)30-23(4,5)21(29)24-13-20(27)28;1-5-15-10-11-18(17-9-7-6-8-16(15)17)25-14(2)12-24-21(25)29-22(3,4)20(28)23-13-19(26)27;1-13-9-10-17(16-8-6-5-7-15(13)16)24-14(2)11-23-20(24)28-21(3,4)19(27)22-12-18(25)26;1-13-11-22-19(27-20(2,3)18(26)21-12-17(24)25)23(13)16-10-6-8-14-7-4-5-9-15(14)16/h4-7,10-12,15H,8-9,13H2,1-3H3,(H,24,29)(H,27,28);6-12,14H,13H2,1-5H3,(H,24,29)(H,27,28);6-12H,5,13H2,1-4H3,(H,23,28)(H,26,27);5-11H,12H2,1-4H3,(H,22,27)(H,25,26);4-11H,12H2,1-3H3,(H,21,26)(H,24,25). The molecule has 1 aliphatic rings. The third-order valence-electron chi connectivity index (χ3n) is 24.0. The van der Waals surface area contributed by atoms with Gasteiger partial charge in [-0.05, 0) is 221 Å². The van der Waals surface area contributed by atoms with Crippen LogP contribution in [0.5, 0.6) is 0 Å². The monoisotopic (exact) mass is 2040 g/mol. The lowest BCUT2D eigenvalue weighted by molar-refractivity contribution is -0.138. The topological polar surface area (TPSA) is 421 Å². The van der Waals surface area contributed by atoms with E-state index >= 15 is 0 Å². The second kappa shape index (κ2) is 46.6. The van der Waals surface area contributed by atoms with E-state index in [0.29, 0.717) is 37.6 Å². The molecule has 0 saturated heterocycles. The summed E-state index contributed by atoms with van der Waals surface area (Å²) in [6.45, 7) is 34.1. The van der Waals surface area contributed by atoms with Crippen molar-refractivity contribution in [2.24, 2.45) is 0 Å². The van der Waals surface area contributed by atoms with Crippen LogP contribution in [0.4, 0.5) is 0 Å². The van der Waals surface area contributed by atoms with Crippen molar-refractivity contribution < 1.29 is 73.5 Å². The lowest BCUT2D eigenvalue weighted by Gasteiger charge is -2.23. The van der Waals surface area contributed by atoms with Crippen molar-refractivity contribution in [3.05, 3.63) is 270 Å². The second-order valence-corrected chi connectivity index (χ2v) is 45.4. The van der Waals surface area contributed by atoms with E-state index in [1.54, 1.807) is 100 Å². The average Bonchev–Trinajstić information content (AvgIpc) is 1.55. The number of imidazole rings is 5. The number of aromatic nitrogens is 10. The van der Waals surface area contributed by atoms with Crippen LogP contribution in [0.3, 0.4) is 0 Å². The molecule has 0 radical (unpaired) electrons. The molecule has 144 heavy (non-hydrogen) atoms. The van der Waals surface area contributed by atoms with E-state index in [1.807, 2.05) is 110 Å². The molecule has 752 valence electrons. The van der Waals surface area contributed by atoms with Gasteiger partial charge in [-0.2, -0.15) is 0 Å². The summed E-state index contributed by atoms with van der Waals surface area (Å²) in [4.78, 5) is 139. The molecule has 1 saturated carbocycles. The molecule has 15 aromatic rings. The fourth-order valence-electron chi connectivity index (χ4n) is 16.3. The Morgan fingerprint density at radius 1 is 0.312 bits per heavy atom. The van der Waals surface area contributed by atoms with Gasteiger partial charge in [0.15, 0.2) is 25.8 Å². The van der Waals surface area contributed by atoms with E-state index in [0.717, 1.165) is 95.6 Å². The Bertz CT molecular complexity index is 7190. The summed E-state index contributed by atoms with van der Waals surface area (Å²) in [5.41, 5.74) is 15.0. The number of amides is 5. The predicted octanol–water partition coefficient (Wildman–Crippen LogP) is 19.9. The minimum Gasteiger partial charge on any atom is -0.480 e. The summed E-state index contributed by atoms with van der Waals surface area (Å²) in [6, 6.07) is 64.4. The number of thioether (sulfide) groups is 5. The predicted molar refractivity (Wildman–Crippen MR) is 572 cm³/mol. The van der Waals surface area contributed by atoms with Crippen LogP contribution in [-0.4, -0.2) is 189 Å². The number of carbonyl (C=O) groups excluding carboxylic acids is 5. The maximum absolute atomic E-state index is 12.5. The molecule has 1 fully saturated rings. The zero-order valence-corrected chi connectivity index (χ0v) is 88.0. The minimum atomic E-state index is -1.07. The van der Waals surface area contributed by atoms with E-state index in [1.165, 1.54) is 115 Å². The number of aryl methyl sites for hydroxylation is 7. The maximum Gasteiger partial charge on any atom is 0.322 e. The van der Waals surface area contributed by atoms with Gasteiger partial charge in [-0.15, -0.1) is 0 Å². The quantitative estimate of drug-likeness (QED) is 0.0171. The normalized spacial score (nSPS) is 12.1. The fraction of sp³-hybridized carbons (Fsp3) is 0.312. The number of nitrogens with one attached hydrogen (secondary N) is 5. The molecule has 35 heteroatoms. The number of hydrogen-bond donors (Lipinski definition) is 10. The number of benzene rings is 10. The summed E-state index contributed by atoms with van der Waals surface area (Å²) >= 11 is 6.56. The van der Waals surface area contributed by atoms with Crippen molar-refractivity contribution in [1.82, 2.24) is 74.3 Å². The van der Waals surface area contributed by atoms with Crippen LogP contribution < -0.4 is 26.6 Å². The molecule has 10 N–H and O–H groups in total. The number of rotatable bonds is 33. The van der Waals surface area contributed by atoms with Crippen LogP contribution in [0.1, 0.15) is 165 Å². The molecule has 0 bridgehead atoms. The highest BCUT2D eigenvalue weighted by atomic mass is 32.2. The van der Waals surface area contributed by atoms with Gasteiger partial charge in [0.05, 0.1) is 52.2 Å². The first-order valence-electron chi connectivity index (χ1n) is 46.8. The van der Waals surface area contributed by atoms with Crippen LogP contribution in [0.15, 0.2) is 245 Å². The third-order valence-corrected chi connectivity index (χ3v) is 29.8. The highest BCUT2D eigenvalue weighted by Crippen LogP contribution is 2.47. The fourth-order valence-corrected chi connectivity index (χ4v) is 21.6. The van der Waals surface area contributed by atoms with E-state index < -0.39 is 86.3 Å². The molecule has 5 amide bonds.